The summed E-state index contributed by atoms with van der Waals surface area (Å²) >= 11 is 0. The Kier molecular flexibility index (Phi) is 3.19. The highest BCUT2D eigenvalue weighted by molar-refractivity contribution is 6.22. The second-order valence-electron chi connectivity index (χ2n) is 6.76. The van der Waals surface area contributed by atoms with Gasteiger partial charge < -0.3 is 10.2 Å². The van der Waals surface area contributed by atoms with E-state index >= 15 is 0 Å². The molecule has 124 valence electrons. The van der Waals surface area contributed by atoms with Crippen molar-refractivity contribution in [2.75, 3.05) is 26.2 Å². The molecule has 0 aromatic heterocycles. The average Bonchev–Trinajstić information content (AvgIpc) is 3.23. The Morgan fingerprint density at radius 2 is 1.79 bits per heavy atom. The third-order valence-electron chi connectivity index (χ3n) is 5.16. The van der Waals surface area contributed by atoms with Gasteiger partial charge in [-0.1, -0.05) is 12.1 Å². The zero-order valence-electron chi connectivity index (χ0n) is 13.1. The lowest BCUT2D eigenvalue weighted by Gasteiger charge is -2.23. The molecular weight excluding hydrogens is 310 g/mol. The van der Waals surface area contributed by atoms with E-state index in [0.717, 1.165) is 11.3 Å². The van der Waals surface area contributed by atoms with E-state index in [0.29, 0.717) is 37.2 Å². The van der Waals surface area contributed by atoms with Gasteiger partial charge in [-0.3, -0.25) is 24.1 Å². The van der Waals surface area contributed by atoms with E-state index in [1.807, 2.05) is 0 Å². The zero-order valence-corrected chi connectivity index (χ0v) is 13.1. The topological polar surface area (TPSA) is 86.8 Å². The van der Waals surface area contributed by atoms with Crippen molar-refractivity contribution >= 4 is 23.6 Å². The number of carbonyl (C=O) groups excluding carboxylic acids is 4. The second-order valence-corrected chi connectivity index (χ2v) is 6.76. The summed E-state index contributed by atoms with van der Waals surface area (Å²) in [5.74, 6) is -1.07. The van der Waals surface area contributed by atoms with Crippen molar-refractivity contribution in [1.82, 2.24) is 15.1 Å². The Morgan fingerprint density at radius 3 is 2.38 bits per heavy atom. The number of nitrogens with zero attached hydrogens (tertiary/aromatic N) is 2. The molecule has 7 heteroatoms. The predicted octanol–water partition coefficient (Wildman–Crippen LogP) is 0.0212. The number of carbonyl (C=O) groups is 4. The van der Waals surface area contributed by atoms with Gasteiger partial charge in [-0.05, 0) is 18.6 Å². The number of hydrogen-bond donors (Lipinski definition) is 1. The van der Waals surface area contributed by atoms with Crippen molar-refractivity contribution in [2.45, 2.75) is 12.8 Å². The van der Waals surface area contributed by atoms with E-state index in [1.54, 1.807) is 29.2 Å². The monoisotopic (exact) mass is 327 g/mol. The van der Waals surface area contributed by atoms with Gasteiger partial charge in [0.15, 0.2) is 0 Å². The van der Waals surface area contributed by atoms with Gasteiger partial charge in [0.25, 0.3) is 11.8 Å². The summed E-state index contributed by atoms with van der Waals surface area (Å²) in [6.07, 6.45) is 1.20. The molecule has 0 bridgehead atoms. The highest BCUT2D eigenvalue weighted by atomic mass is 16.2. The van der Waals surface area contributed by atoms with Crippen LogP contribution in [0.25, 0.3) is 0 Å². The minimum Gasteiger partial charge on any atom is -0.355 e. The Morgan fingerprint density at radius 1 is 1.12 bits per heavy atom. The number of rotatable bonds is 2. The maximum atomic E-state index is 12.5. The summed E-state index contributed by atoms with van der Waals surface area (Å²) < 4.78 is 0. The largest absolute Gasteiger partial charge is 0.355 e. The molecule has 1 unspecified atom stereocenters. The lowest BCUT2D eigenvalue weighted by molar-refractivity contribution is -0.131. The fraction of sp³-hybridized carbons (Fsp3) is 0.412. The first-order chi connectivity index (χ1) is 11.5. The number of benzene rings is 1. The quantitative estimate of drug-likeness (QED) is 0.776. The molecule has 2 fully saturated rings. The van der Waals surface area contributed by atoms with E-state index in [4.69, 9.17) is 0 Å². The zero-order chi connectivity index (χ0) is 16.9. The summed E-state index contributed by atoms with van der Waals surface area (Å²) in [6.45, 7) is 1.39. The SMILES string of the molecule is O=C1CC2(CCN(C(=O)CN3C(=O)c4ccccc4C3=O)C2)CN1. The minimum atomic E-state index is -0.421. The summed E-state index contributed by atoms with van der Waals surface area (Å²) in [5, 5.41) is 2.82. The maximum Gasteiger partial charge on any atom is 0.262 e. The number of amides is 4. The number of nitrogens with one attached hydrogen (secondary N) is 1. The molecule has 7 nitrogen and oxygen atoms in total. The maximum absolute atomic E-state index is 12.5. The van der Waals surface area contributed by atoms with Crippen molar-refractivity contribution in [3.8, 4) is 0 Å². The summed E-state index contributed by atoms with van der Waals surface area (Å²) in [5.41, 5.74) is 0.506. The molecule has 3 aliphatic rings. The van der Waals surface area contributed by atoms with Gasteiger partial charge in [0.1, 0.15) is 6.54 Å². The van der Waals surface area contributed by atoms with Crippen LogP contribution in [-0.2, 0) is 9.59 Å². The number of imide groups is 1. The van der Waals surface area contributed by atoms with Crippen molar-refractivity contribution < 1.29 is 19.2 Å². The van der Waals surface area contributed by atoms with Gasteiger partial charge >= 0.3 is 0 Å². The van der Waals surface area contributed by atoms with Crippen LogP contribution in [0.2, 0.25) is 0 Å². The molecule has 1 N–H and O–H groups in total. The molecule has 1 aromatic carbocycles. The summed E-state index contributed by atoms with van der Waals surface area (Å²) in [6, 6.07) is 6.59. The predicted molar refractivity (Wildman–Crippen MR) is 83.1 cm³/mol. The van der Waals surface area contributed by atoms with Crippen LogP contribution >= 0.6 is 0 Å². The average molecular weight is 327 g/mol. The molecule has 1 spiro atoms. The molecule has 2 saturated heterocycles. The number of hydrogen-bond acceptors (Lipinski definition) is 4. The minimum absolute atomic E-state index is 0.0182. The van der Waals surface area contributed by atoms with Crippen LogP contribution in [0.3, 0.4) is 0 Å². The van der Waals surface area contributed by atoms with Gasteiger partial charge in [0.2, 0.25) is 11.8 Å². The van der Waals surface area contributed by atoms with E-state index < -0.39 is 11.8 Å². The van der Waals surface area contributed by atoms with Crippen LogP contribution in [0.5, 0.6) is 0 Å². The van der Waals surface area contributed by atoms with Crippen LogP contribution in [0, 0.1) is 5.41 Å². The smallest absolute Gasteiger partial charge is 0.262 e. The van der Waals surface area contributed by atoms with Crippen molar-refractivity contribution in [2.24, 2.45) is 5.41 Å². The lowest BCUT2D eigenvalue weighted by Crippen LogP contribution is -2.42. The van der Waals surface area contributed by atoms with Crippen molar-refractivity contribution in [3.05, 3.63) is 35.4 Å². The van der Waals surface area contributed by atoms with Gasteiger partial charge in [-0.25, -0.2) is 0 Å². The Hall–Kier alpha value is -2.70. The highest BCUT2D eigenvalue weighted by Gasteiger charge is 2.46. The van der Waals surface area contributed by atoms with Crippen LogP contribution in [0.4, 0.5) is 0 Å². The van der Waals surface area contributed by atoms with Crippen molar-refractivity contribution in [3.63, 3.8) is 0 Å². The molecule has 0 radical (unpaired) electrons. The van der Waals surface area contributed by atoms with E-state index in [9.17, 15) is 19.2 Å². The highest BCUT2D eigenvalue weighted by Crippen LogP contribution is 2.36. The molecule has 3 heterocycles. The van der Waals surface area contributed by atoms with Crippen LogP contribution in [0.1, 0.15) is 33.6 Å². The fourth-order valence-corrected chi connectivity index (χ4v) is 3.81. The van der Waals surface area contributed by atoms with Crippen LogP contribution < -0.4 is 5.32 Å². The molecular formula is C17H17N3O4. The molecule has 1 atom stereocenters. The standard InChI is InChI=1S/C17H17N3O4/c21-13-7-17(9-18-13)5-6-19(10-17)14(22)8-20-15(23)11-3-1-2-4-12(11)16(20)24/h1-4H,5-10H2,(H,18,21). The summed E-state index contributed by atoms with van der Waals surface area (Å²) in [4.78, 5) is 51.3. The fourth-order valence-electron chi connectivity index (χ4n) is 3.81. The van der Waals surface area contributed by atoms with Crippen molar-refractivity contribution in [1.29, 1.82) is 0 Å². The third kappa shape index (κ3) is 2.19. The normalized spacial score (nSPS) is 25.6. The first-order valence-corrected chi connectivity index (χ1v) is 7.99. The Balaban J connectivity index is 1.45. The van der Waals surface area contributed by atoms with Crippen LogP contribution in [0.15, 0.2) is 24.3 Å². The molecule has 1 aromatic rings. The van der Waals surface area contributed by atoms with Crippen LogP contribution in [-0.4, -0.2) is 59.6 Å². The first-order valence-electron chi connectivity index (χ1n) is 7.99. The van der Waals surface area contributed by atoms with Gasteiger partial charge in [0, 0.05) is 31.5 Å². The molecule has 24 heavy (non-hydrogen) atoms. The second kappa shape index (κ2) is 5.15. The van der Waals surface area contributed by atoms with E-state index in [1.165, 1.54) is 0 Å². The van der Waals surface area contributed by atoms with Gasteiger partial charge in [-0.15, -0.1) is 0 Å². The van der Waals surface area contributed by atoms with Gasteiger partial charge in [0.05, 0.1) is 11.1 Å². The molecule has 0 aliphatic carbocycles. The molecule has 4 amide bonds. The van der Waals surface area contributed by atoms with E-state index in [-0.39, 0.29) is 23.8 Å². The lowest BCUT2D eigenvalue weighted by atomic mass is 9.86. The van der Waals surface area contributed by atoms with Gasteiger partial charge in [-0.2, -0.15) is 0 Å². The summed E-state index contributed by atoms with van der Waals surface area (Å²) in [7, 11) is 0. The first kappa shape index (κ1) is 14.9. The Labute approximate surface area is 138 Å². The molecule has 4 rings (SSSR count). The molecule has 3 aliphatic heterocycles. The van der Waals surface area contributed by atoms with E-state index in [2.05, 4.69) is 5.32 Å². The molecule has 0 saturated carbocycles. The number of fused-ring (bicyclic) bond motifs is 1. The number of likely N-dealkylation sites (tertiary alicyclic amines) is 1. The third-order valence-corrected chi connectivity index (χ3v) is 5.16. The Bertz CT molecular complexity index is 740.